The van der Waals surface area contributed by atoms with Gasteiger partial charge in [0.15, 0.2) is 0 Å². The lowest BCUT2D eigenvalue weighted by molar-refractivity contribution is -0.153. The van der Waals surface area contributed by atoms with Crippen molar-refractivity contribution in [2.45, 2.75) is 33.3 Å². The minimum absolute atomic E-state index is 0.0743. The van der Waals surface area contributed by atoms with Crippen LogP contribution in [0.2, 0.25) is 0 Å². The Kier molecular flexibility index (Phi) is 9.04. The van der Waals surface area contributed by atoms with E-state index >= 15 is 0 Å². The Hall–Kier alpha value is -1.92. The number of hydrogen-bond acceptors (Lipinski definition) is 6. The van der Waals surface area contributed by atoms with E-state index in [1.807, 2.05) is 30.3 Å². The van der Waals surface area contributed by atoms with Crippen molar-refractivity contribution in [3.05, 3.63) is 35.9 Å². The molecule has 0 radical (unpaired) electrons. The number of aliphatic hydroxyl groups is 1. The van der Waals surface area contributed by atoms with Crippen LogP contribution in [0.15, 0.2) is 30.3 Å². The summed E-state index contributed by atoms with van der Waals surface area (Å²) in [5.41, 5.74) is 0.410. The van der Waals surface area contributed by atoms with Gasteiger partial charge in [0.25, 0.3) is 0 Å². The molecule has 0 saturated carbocycles. The first kappa shape index (κ1) is 20.1. The molecule has 1 rings (SSSR count). The highest BCUT2D eigenvalue weighted by atomic mass is 16.5. The Bertz CT molecular complexity index is 481. The van der Waals surface area contributed by atoms with Crippen LogP contribution in [0.1, 0.15) is 32.3 Å². The Morgan fingerprint density at radius 2 is 1.58 bits per heavy atom. The van der Waals surface area contributed by atoms with E-state index in [2.05, 4.69) is 0 Å². The van der Waals surface area contributed by atoms with Crippen LogP contribution in [-0.2, 0) is 30.4 Å². The smallest absolute Gasteiger partial charge is 0.302 e. The molecule has 1 aromatic rings. The molecule has 1 N–H and O–H groups in total. The average Bonchev–Trinajstić information content (AvgIpc) is 2.56. The van der Waals surface area contributed by atoms with E-state index < -0.39 is 17.4 Å². The number of aliphatic hydroxyl groups excluding tert-OH is 1. The van der Waals surface area contributed by atoms with Crippen molar-refractivity contribution >= 4 is 11.9 Å². The van der Waals surface area contributed by atoms with Crippen molar-refractivity contribution in [3.63, 3.8) is 0 Å². The van der Waals surface area contributed by atoms with Crippen molar-refractivity contribution in [1.29, 1.82) is 0 Å². The predicted molar refractivity (Wildman–Crippen MR) is 88.1 cm³/mol. The summed E-state index contributed by atoms with van der Waals surface area (Å²) in [5, 5.41) is 9.35. The molecule has 134 valence electrons. The Morgan fingerprint density at radius 1 is 1.00 bits per heavy atom. The monoisotopic (exact) mass is 338 g/mol. The molecule has 6 nitrogen and oxygen atoms in total. The van der Waals surface area contributed by atoms with Gasteiger partial charge in [-0.05, 0) is 18.4 Å². The van der Waals surface area contributed by atoms with Crippen LogP contribution in [0.5, 0.6) is 0 Å². The largest absolute Gasteiger partial charge is 0.465 e. The summed E-state index contributed by atoms with van der Waals surface area (Å²) in [7, 11) is 0. The van der Waals surface area contributed by atoms with Crippen molar-refractivity contribution in [3.8, 4) is 0 Å². The highest BCUT2D eigenvalue weighted by molar-refractivity contribution is 5.66. The van der Waals surface area contributed by atoms with Crippen LogP contribution >= 0.6 is 0 Å². The van der Waals surface area contributed by atoms with E-state index in [4.69, 9.17) is 14.2 Å². The molecule has 0 amide bonds. The number of esters is 2. The summed E-state index contributed by atoms with van der Waals surface area (Å²) in [6.45, 7) is 3.56. The maximum absolute atomic E-state index is 11.1. The van der Waals surface area contributed by atoms with Crippen LogP contribution in [0.4, 0.5) is 0 Å². The first-order chi connectivity index (χ1) is 11.5. The fraction of sp³-hybridized carbons (Fsp3) is 0.556. The Morgan fingerprint density at radius 3 is 2.08 bits per heavy atom. The lowest BCUT2D eigenvalue weighted by atomic mass is 9.83. The van der Waals surface area contributed by atoms with Crippen LogP contribution < -0.4 is 0 Å². The zero-order chi connectivity index (χ0) is 17.8. The van der Waals surface area contributed by atoms with Crippen LogP contribution in [0.3, 0.4) is 0 Å². The molecule has 0 saturated heterocycles. The van der Waals surface area contributed by atoms with Crippen LogP contribution in [-0.4, -0.2) is 43.5 Å². The SMILES string of the molecule is CC(=O)OCC(CCO)(CCOCc1ccccc1)COC(C)=O. The fourth-order valence-corrected chi connectivity index (χ4v) is 2.25. The summed E-state index contributed by atoms with van der Waals surface area (Å²) < 4.78 is 15.9. The number of carbonyl (C=O) groups excluding carboxylic acids is 2. The first-order valence-corrected chi connectivity index (χ1v) is 7.97. The molecule has 0 unspecified atom stereocenters. The van der Waals surface area contributed by atoms with Gasteiger partial charge in [-0.25, -0.2) is 0 Å². The summed E-state index contributed by atoms with van der Waals surface area (Å²) in [5.74, 6) is -0.823. The molecule has 24 heavy (non-hydrogen) atoms. The number of hydrogen-bond donors (Lipinski definition) is 1. The first-order valence-electron chi connectivity index (χ1n) is 7.97. The molecule has 0 aliphatic heterocycles. The van der Waals surface area contributed by atoms with Gasteiger partial charge in [-0.3, -0.25) is 9.59 Å². The topological polar surface area (TPSA) is 82.1 Å². The Labute approximate surface area is 142 Å². The molecular formula is C18H26O6. The van der Waals surface area contributed by atoms with E-state index in [1.54, 1.807) is 0 Å². The normalized spacial score (nSPS) is 11.1. The van der Waals surface area contributed by atoms with Crippen molar-refractivity contribution < 1.29 is 28.9 Å². The number of rotatable bonds is 11. The maximum atomic E-state index is 11.1. The predicted octanol–water partition coefficient (Wildman–Crippen LogP) is 2.09. The third-order valence-electron chi connectivity index (χ3n) is 3.69. The second-order valence-electron chi connectivity index (χ2n) is 5.82. The number of carbonyl (C=O) groups is 2. The third kappa shape index (κ3) is 8.08. The summed E-state index contributed by atoms with van der Waals surface area (Å²) in [6, 6.07) is 9.76. The van der Waals surface area contributed by atoms with E-state index in [-0.39, 0.29) is 19.8 Å². The van der Waals surface area contributed by atoms with Gasteiger partial charge < -0.3 is 19.3 Å². The Balaban J connectivity index is 2.59. The second-order valence-corrected chi connectivity index (χ2v) is 5.82. The van der Waals surface area contributed by atoms with Gasteiger partial charge in [0.05, 0.1) is 6.61 Å². The molecule has 0 aliphatic rings. The zero-order valence-corrected chi connectivity index (χ0v) is 14.3. The number of benzene rings is 1. The van der Waals surface area contributed by atoms with Crippen molar-refractivity contribution in [2.24, 2.45) is 5.41 Å². The van der Waals surface area contributed by atoms with E-state index in [0.29, 0.717) is 26.1 Å². The van der Waals surface area contributed by atoms with E-state index in [9.17, 15) is 14.7 Å². The van der Waals surface area contributed by atoms with Gasteiger partial charge in [0.1, 0.15) is 13.2 Å². The minimum Gasteiger partial charge on any atom is -0.465 e. The maximum Gasteiger partial charge on any atom is 0.302 e. The van der Waals surface area contributed by atoms with Gasteiger partial charge >= 0.3 is 11.9 Å². The number of ether oxygens (including phenoxy) is 3. The summed E-state index contributed by atoms with van der Waals surface area (Å²) in [4.78, 5) is 22.2. The zero-order valence-electron chi connectivity index (χ0n) is 14.3. The van der Waals surface area contributed by atoms with E-state index in [0.717, 1.165) is 5.56 Å². The quantitative estimate of drug-likeness (QED) is 0.491. The van der Waals surface area contributed by atoms with Gasteiger partial charge in [-0.15, -0.1) is 0 Å². The minimum atomic E-state index is -0.650. The van der Waals surface area contributed by atoms with Gasteiger partial charge in [-0.1, -0.05) is 30.3 Å². The lowest BCUT2D eigenvalue weighted by Gasteiger charge is -2.32. The molecule has 0 heterocycles. The summed E-state index contributed by atoms with van der Waals surface area (Å²) >= 11 is 0. The molecule has 6 heteroatoms. The molecule has 0 bridgehead atoms. The summed E-state index contributed by atoms with van der Waals surface area (Å²) in [6.07, 6.45) is 0.850. The molecule has 0 aliphatic carbocycles. The lowest BCUT2D eigenvalue weighted by Crippen LogP contribution is -2.36. The molecule has 0 fully saturated rings. The van der Waals surface area contributed by atoms with Crippen molar-refractivity contribution in [1.82, 2.24) is 0 Å². The second kappa shape index (κ2) is 10.8. The highest BCUT2D eigenvalue weighted by Crippen LogP contribution is 2.28. The van der Waals surface area contributed by atoms with Gasteiger partial charge in [0.2, 0.25) is 0 Å². The standard InChI is InChI=1S/C18H26O6/c1-15(20)23-13-18(8-10-19,14-24-16(2)21)9-11-22-12-17-6-4-3-5-7-17/h3-7,19H,8-14H2,1-2H3. The molecule has 0 atom stereocenters. The third-order valence-corrected chi connectivity index (χ3v) is 3.69. The fourth-order valence-electron chi connectivity index (χ4n) is 2.25. The molecule has 0 spiro atoms. The van der Waals surface area contributed by atoms with Gasteiger partial charge in [-0.2, -0.15) is 0 Å². The molecule has 1 aromatic carbocycles. The van der Waals surface area contributed by atoms with Crippen molar-refractivity contribution in [2.75, 3.05) is 26.4 Å². The van der Waals surface area contributed by atoms with Crippen LogP contribution in [0, 0.1) is 5.41 Å². The van der Waals surface area contributed by atoms with Crippen LogP contribution in [0.25, 0.3) is 0 Å². The average molecular weight is 338 g/mol. The highest BCUT2D eigenvalue weighted by Gasteiger charge is 2.32. The molecular weight excluding hydrogens is 312 g/mol. The van der Waals surface area contributed by atoms with E-state index in [1.165, 1.54) is 13.8 Å². The molecule has 0 aromatic heterocycles. The van der Waals surface area contributed by atoms with Gasteiger partial charge in [0, 0.05) is 32.5 Å².